The van der Waals surface area contributed by atoms with Gasteiger partial charge in [-0.2, -0.15) is 0 Å². The molecule has 77 heavy (non-hydrogen) atoms. The highest BCUT2D eigenvalue weighted by Gasteiger charge is 2.50. The fourth-order valence-corrected chi connectivity index (χ4v) is 13.6. The third kappa shape index (κ3) is 10.8. The van der Waals surface area contributed by atoms with Crippen LogP contribution in [0, 0.1) is 21.4 Å². The number of methoxy groups -OCH3 is 1. The summed E-state index contributed by atoms with van der Waals surface area (Å²) in [6, 6.07) is 25.7. The minimum absolute atomic E-state index is 0.0330. The lowest BCUT2D eigenvalue weighted by molar-refractivity contribution is -0.384. The van der Waals surface area contributed by atoms with Crippen LogP contribution < -0.4 is 24.4 Å². The van der Waals surface area contributed by atoms with E-state index in [1.807, 2.05) is 18.2 Å². The molecule has 1 spiro atoms. The van der Waals surface area contributed by atoms with Crippen LogP contribution in [0.3, 0.4) is 0 Å². The van der Waals surface area contributed by atoms with E-state index in [9.17, 15) is 28.4 Å². The molecule has 11 rings (SSSR count). The van der Waals surface area contributed by atoms with Gasteiger partial charge in [-0.25, -0.2) is 23.1 Å². The molecule has 4 N–H and O–H groups in total. The molecule has 1 atom stereocenters. The molecule has 404 valence electrons. The number of hydrogen-bond acceptors (Lipinski definition) is 15. The third-order valence-electron chi connectivity index (χ3n) is 16.8. The lowest BCUT2D eigenvalue weighted by atomic mass is 9.59. The molecule has 2 saturated heterocycles. The zero-order chi connectivity index (χ0) is 53.6. The number of sulfonamides is 1. The van der Waals surface area contributed by atoms with Crippen molar-refractivity contribution in [3.05, 3.63) is 136 Å². The Balaban J connectivity index is 0.804. The first kappa shape index (κ1) is 52.0. The van der Waals surface area contributed by atoms with Gasteiger partial charge in [0.15, 0.2) is 11.3 Å². The van der Waals surface area contributed by atoms with Crippen LogP contribution in [0.25, 0.3) is 22.0 Å². The summed E-state index contributed by atoms with van der Waals surface area (Å²) in [6.45, 7) is 12.0. The van der Waals surface area contributed by atoms with E-state index in [0.29, 0.717) is 61.4 Å². The number of pyridine rings is 2. The number of benzene rings is 3. The SMILES string of the molecule is COc1ccc(CN2CCN(C3CC4(CCN(c5cc(Oc6cnc7[nH]ccc7c6)c(C(=O)NS(=O)(=O)c6cc([N+](=O)[O-])c(NCC7CCC(C)(O)CC7)c7occc67)cn5)CC4)C3)[C@H](c3ccccc3C(C)C)C2)cc1. The van der Waals surface area contributed by atoms with Crippen molar-refractivity contribution in [3.8, 4) is 17.2 Å². The van der Waals surface area contributed by atoms with E-state index < -0.39 is 37.0 Å². The quantitative estimate of drug-likeness (QED) is 0.0522. The number of amides is 1. The van der Waals surface area contributed by atoms with E-state index >= 15 is 0 Å². The molecule has 7 aromatic rings. The second kappa shape index (κ2) is 21.1. The highest BCUT2D eigenvalue weighted by molar-refractivity contribution is 7.90. The van der Waals surface area contributed by atoms with Crippen molar-refractivity contribution in [2.45, 2.75) is 107 Å². The molecule has 2 saturated carbocycles. The number of hydrogen-bond donors (Lipinski definition) is 4. The average molecular weight is 1070 g/mol. The molecular weight excluding hydrogens is 999 g/mol. The van der Waals surface area contributed by atoms with Crippen molar-refractivity contribution in [1.82, 2.24) is 29.5 Å². The molecule has 0 bridgehead atoms. The summed E-state index contributed by atoms with van der Waals surface area (Å²) in [5, 5.41) is 27.0. The van der Waals surface area contributed by atoms with Gasteiger partial charge in [-0.15, -0.1) is 0 Å². The number of carbonyl (C=O) groups is 1. The average Bonchev–Trinajstić information content (AvgIpc) is 4.19. The first-order valence-corrected chi connectivity index (χ1v) is 28.3. The smallest absolute Gasteiger partial charge is 0.297 e. The molecule has 0 unspecified atom stereocenters. The van der Waals surface area contributed by atoms with Gasteiger partial charge in [-0.1, -0.05) is 50.2 Å². The van der Waals surface area contributed by atoms with Crippen LogP contribution in [0.2, 0.25) is 0 Å². The summed E-state index contributed by atoms with van der Waals surface area (Å²) in [4.78, 5) is 45.5. The van der Waals surface area contributed by atoms with Gasteiger partial charge in [-0.3, -0.25) is 24.7 Å². The van der Waals surface area contributed by atoms with E-state index in [1.54, 1.807) is 32.4 Å². The number of ether oxygens (including phenoxy) is 2. The van der Waals surface area contributed by atoms with Crippen molar-refractivity contribution in [1.29, 1.82) is 0 Å². The fourth-order valence-electron chi connectivity index (χ4n) is 12.4. The van der Waals surface area contributed by atoms with Crippen LogP contribution in [0.1, 0.15) is 111 Å². The highest BCUT2D eigenvalue weighted by atomic mass is 32.2. The molecule has 18 nitrogen and oxygen atoms in total. The summed E-state index contributed by atoms with van der Waals surface area (Å²) < 4.78 is 48.3. The summed E-state index contributed by atoms with van der Waals surface area (Å²) >= 11 is 0. The van der Waals surface area contributed by atoms with Gasteiger partial charge in [0.1, 0.15) is 39.2 Å². The van der Waals surface area contributed by atoms with Gasteiger partial charge in [0.25, 0.3) is 21.6 Å². The predicted octanol–water partition coefficient (Wildman–Crippen LogP) is 10.3. The Hall–Kier alpha value is -7.06. The first-order valence-electron chi connectivity index (χ1n) is 26.8. The summed E-state index contributed by atoms with van der Waals surface area (Å²) in [5.41, 5.74) is 3.50. The number of fused-ring (bicyclic) bond motifs is 2. The number of nitrogens with zero attached hydrogens (tertiary/aromatic N) is 6. The first-order chi connectivity index (χ1) is 37.0. The molecule has 19 heteroatoms. The minimum Gasteiger partial charge on any atom is -0.497 e. The number of piperidine rings is 1. The zero-order valence-electron chi connectivity index (χ0n) is 44.0. The second-order valence-corrected chi connectivity index (χ2v) is 24.0. The van der Waals surface area contributed by atoms with Crippen molar-refractivity contribution in [3.63, 3.8) is 0 Å². The molecule has 0 radical (unpaired) electrons. The number of nitrogens with one attached hydrogen (secondary N) is 3. The van der Waals surface area contributed by atoms with Crippen molar-refractivity contribution >= 4 is 55.1 Å². The van der Waals surface area contributed by atoms with Crippen LogP contribution in [0.5, 0.6) is 17.2 Å². The van der Waals surface area contributed by atoms with E-state index in [1.165, 1.54) is 41.4 Å². The Morgan fingerprint density at radius 1 is 0.961 bits per heavy atom. The Kier molecular flexibility index (Phi) is 14.2. The van der Waals surface area contributed by atoms with E-state index in [0.717, 1.165) is 82.2 Å². The molecular formula is C58H67N9O9S. The molecule has 4 aromatic heterocycles. The van der Waals surface area contributed by atoms with E-state index in [-0.39, 0.29) is 45.3 Å². The summed E-state index contributed by atoms with van der Waals surface area (Å²) in [6.07, 6.45) is 12.6. The number of aromatic amines is 1. The molecule has 4 aliphatic rings. The number of aliphatic hydroxyl groups is 1. The number of H-pyrrole nitrogens is 1. The van der Waals surface area contributed by atoms with E-state index in [4.69, 9.17) is 18.9 Å². The van der Waals surface area contributed by atoms with E-state index in [2.05, 4.69) is 85.0 Å². The number of piperazine rings is 1. The highest BCUT2D eigenvalue weighted by Crippen LogP contribution is 2.53. The number of rotatable bonds is 16. The van der Waals surface area contributed by atoms with Crippen molar-refractivity contribution in [2.24, 2.45) is 11.3 Å². The third-order valence-corrected chi connectivity index (χ3v) is 18.2. The van der Waals surface area contributed by atoms with Gasteiger partial charge in [-0.05, 0) is 123 Å². The number of nitro groups is 1. The van der Waals surface area contributed by atoms with Gasteiger partial charge in [0.2, 0.25) is 0 Å². The fraction of sp³-hybridized carbons (Fsp3) is 0.431. The predicted molar refractivity (Wildman–Crippen MR) is 294 cm³/mol. The molecule has 1 amide bonds. The normalized spacial score (nSPS) is 21.4. The van der Waals surface area contributed by atoms with Crippen LogP contribution in [0.4, 0.5) is 17.2 Å². The summed E-state index contributed by atoms with van der Waals surface area (Å²) in [7, 11) is -3.07. The van der Waals surface area contributed by atoms with Gasteiger partial charge < -0.3 is 34.2 Å². The standard InChI is InChI=1S/C58H67N9O9S/c1-37(2)44-7-5-6-8-45(44)49-36-64(35-39-9-11-42(74-4)12-10-39)24-25-66(49)41-30-58(31-41)19-22-65(23-20-58)52-29-50(76-43-27-40-15-21-59-55(40)62-33-43)47(34-60-52)56(68)63-77(72,73)51-28-48(67(70)71)53(54-46(51)16-26-75-54)61-32-38-13-17-57(3,69)18-14-38/h5-12,15-16,21,26-29,33-34,37-38,41,49,61,69H,13-14,17-20,22-25,30-32,35-36H2,1-4H3,(H,59,62)(H,63,68)/t38?,49-,57?/m0/s1. The van der Waals surface area contributed by atoms with Crippen molar-refractivity contribution in [2.75, 3.05) is 56.6 Å². The second-order valence-electron chi connectivity index (χ2n) is 22.3. The molecule has 6 heterocycles. The molecule has 3 aromatic carbocycles. The van der Waals surface area contributed by atoms with Gasteiger partial charge in [0.05, 0.1) is 30.1 Å². The topological polar surface area (TPSA) is 222 Å². The Morgan fingerprint density at radius 3 is 2.47 bits per heavy atom. The largest absolute Gasteiger partial charge is 0.497 e. The Morgan fingerprint density at radius 2 is 1.73 bits per heavy atom. The zero-order valence-corrected chi connectivity index (χ0v) is 44.9. The lowest BCUT2D eigenvalue weighted by Crippen LogP contribution is -2.60. The van der Waals surface area contributed by atoms with Crippen LogP contribution in [-0.4, -0.2) is 107 Å². The number of nitro benzene ring substituents is 1. The minimum atomic E-state index is -4.77. The Bertz CT molecular complexity index is 3410. The maximum Gasteiger partial charge on any atom is 0.297 e. The maximum absolute atomic E-state index is 14.3. The molecule has 4 fully saturated rings. The van der Waals surface area contributed by atoms with Crippen LogP contribution >= 0.6 is 0 Å². The monoisotopic (exact) mass is 1070 g/mol. The summed E-state index contributed by atoms with van der Waals surface area (Å²) in [5.74, 6) is 1.31. The van der Waals surface area contributed by atoms with Gasteiger partial charge >= 0.3 is 0 Å². The number of furan rings is 1. The van der Waals surface area contributed by atoms with Crippen molar-refractivity contribution < 1.29 is 37.1 Å². The Labute approximate surface area is 448 Å². The number of carbonyl (C=O) groups excluding carboxylic acids is 1. The van der Waals surface area contributed by atoms with Gasteiger partial charge in [0, 0.05) is 93.2 Å². The van der Waals surface area contributed by atoms with Crippen LogP contribution in [-0.2, 0) is 16.6 Å². The lowest BCUT2D eigenvalue weighted by Gasteiger charge is -2.58. The van der Waals surface area contributed by atoms with Crippen LogP contribution in [0.15, 0.2) is 113 Å². The maximum atomic E-state index is 14.3. The molecule has 2 aliphatic heterocycles. The molecule has 2 aliphatic carbocycles. The number of anilines is 2. The number of aromatic nitrogens is 3.